The molecule has 4 heteroatoms. The number of hydrogen-bond donors (Lipinski definition) is 0. The van der Waals surface area contributed by atoms with Crippen LogP contribution in [-0.2, 0) is 6.54 Å². The second kappa shape index (κ2) is 5.74. The second-order valence-corrected chi connectivity index (χ2v) is 6.16. The number of imide groups is 1. The fraction of sp³-hybridized carbons (Fsp3) is 0.176. The summed E-state index contributed by atoms with van der Waals surface area (Å²) in [7, 11) is 0. The summed E-state index contributed by atoms with van der Waals surface area (Å²) in [6.45, 7) is 2.43. The second-order valence-electron chi connectivity index (χ2n) is 4.82. The van der Waals surface area contributed by atoms with Crippen LogP contribution in [0.1, 0.15) is 33.2 Å². The molecule has 0 N–H and O–H groups in total. The lowest BCUT2D eigenvalue weighted by Crippen LogP contribution is -2.29. The van der Waals surface area contributed by atoms with Crippen molar-refractivity contribution in [2.75, 3.05) is 5.75 Å². The molecule has 106 valence electrons. The van der Waals surface area contributed by atoms with Gasteiger partial charge in [0.05, 0.1) is 17.7 Å². The van der Waals surface area contributed by atoms with E-state index in [1.54, 1.807) is 36.0 Å². The number of fused-ring (bicyclic) bond motifs is 1. The van der Waals surface area contributed by atoms with Crippen LogP contribution in [0.15, 0.2) is 53.4 Å². The lowest BCUT2D eigenvalue weighted by Gasteiger charge is -2.14. The topological polar surface area (TPSA) is 37.4 Å². The molecular formula is C17H15NO2S. The minimum Gasteiger partial charge on any atom is -0.270 e. The van der Waals surface area contributed by atoms with Crippen molar-refractivity contribution < 1.29 is 9.59 Å². The molecule has 3 rings (SSSR count). The van der Waals surface area contributed by atoms with Crippen molar-refractivity contribution in [3.63, 3.8) is 0 Å². The summed E-state index contributed by atoms with van der Waals surface area (Å²) in [4.78, 5) is 27.1. The first-order chi connectivity index (χ1) is 10.2. The highest BCUT2D eigenvalue weighted by Crippen LogP contribution is 2.25. The number of thioether (sulfide) groups is 1. The number of hydrogen-bond acceptors (Lipinski definition) is 3. The van der Waals surface area contributed by atoms with Gasteiger partial charge in [-0.15, -0.1) is 11.8 Å². The van der Waals surface area contributed by atoms with Gasteiger partial charge >= 0.3 is 0 Å². The predicted molar refractivity (Wildman–Crippen MR) is 83.5 cm³/mol. The summed E-state index contributed by atoms with van der Waals surface area (Å²) in [6, 6.07) is 15.0. The van der Waals surface area contributed by atoms with E-state index in [0.29, 0.717) is 17.7 Å². The van der Waals surface area contributed by atoms with Gasteiger partial charge in [-0.1, -0.05) is 31.2 Å². The molecule has 1 aliphatic rings. The van der Waals surface area contributed by atoms with Gasteiger partial charge in [0, 0.05) is 4.90 Å². The number of nitrogens with zero attached hydrogens (tertiary/aromatic N) is 1. The van der Waals surface area contributed by atoms with Crippen molar-refractivity contribution in [1.82, 2.24) is 4.90 Å². The van der Waals surface area contributed by atoms with Crippen LogP contribution >= 0.6 is 11.8 Å². The van der Waals surface area contributed by atoms with Gasteiger partial charge in [0.2, 0.25) is 0 Å². The molecule has 0 radical (unpaired) electrons. The lowest BCUT2D eigenvalue weighted by atomic mass is 10.1. The van der Waals surface area contributed by atoms with E-state index in [0.717, 1.165) is 11.3 Å². The normalized spacial score (nSPS) is 13.7. The zero-order valence-corrected chi connectivity index (χ0v) is 12.5. The van der Waals surface area contributed by atoms with Crippen LogP contribution in [0.25, 0.3) is 0 Å². The van der Waals surface area contributed by atoms with Crippen LogP contribution in [0.5, 0.6) is 0 Å². The SMILES string of the molecule is CCSc1ccc(CN2C(=O)c3ccccc3C2=O)cc1. The van der Waals surface area contributed by atoms with Crippen molar-refractivity contribution in [3.8, 4) is 0 Å². The van der Waals surface area contributed by atoms with Crippen molar-refractivity contribution >= 4 is 23.6 Å². The average molecular weight is 297 g/mol. The molecule has 0 saturated carbocycles. The summed E-state index contributed by atoms with van der Waals surface area (Å²) in [5.74, 6) is 0.614. The van der Waals surface area contributed by atoms with Crippen LogP contribution in [0, 0.1) is 0 Å². The number of amides is 2. The van der Waals surface area contributed by atoms with Crippen LogP contribution in [0.4, 0.5) is 0 Å². The van der Waals surface area contributed by atoms with Gasteiger partial charge in [-0.05, 0) is 35.6 Å². The van der Waals surface area contributed by atoms with E-state index >= 15 is 0 Å². The molecule has 21 heavy (non-hydrogen) atoms. The lowest BCUT2D eigenvalue weighted by molar-refractivity contribution is 0.0642. The first-order valence-electron chi connectivity index (χ1n) is 6.87. The third-order valence-corrected chi connectivity index (χ3v) is 4.35. The Labute approximate surface area is 128 Å². The van der Waals surface area contributed by atoms with Gasteiger partial charge in [-0.3, -0.25) is 14.5 Å². The molecule has 0 fully saturated rings. The van der Waals surface area contributed by atoms with Crippen LogP contribution in [0.3, 0.4) is 0 Å². The van der Waals surface area contributed by atoms with E-state index in [4.69, 9.17) is 0 Å². The Morgan fingerprint density at radius 3 is 2.00 bits per heavy atom. The Morgan fingerprint density at radius 2 is 1.48 bits per heavy atom. The molecule has 1 aliphatic heterocycles. The van der Waals surface area contributed by atoms with Gasteiger partial charge in [0.1, 0.15) is 0 Å². The maximum Gasteiger partial charge on any atom is 0.261 e. The third-order valence-electron chi connectivity index (χ3n) is 3.45. The molecule has 0 unspecified atom stereocenters. The van der Waals surface area contributed by atoms with E-state index in [9.17, 15) is 9.59 Å². The fourth-order valence-corrected chi connectivity index (χ4v) is 3.08. The zero-order chi connectivity index (χ0) is 14.8. The maximum absolute atomic E-state index is 12.3. The Morgan fingerprint density at radius 1 is 0.905 bits per heavy atom. The van der Waals surface area contributed by atoms with Crippen LogP contribution in [-0.4, -0.2) is 22.5 Å². The molecular weight excluding hydrogens is 282 g/mol. The molecule has 2 aromatic rings. The molecule has 0 aromatic heterocycles. The first kappa shape index (κ1) is 13.9. The van der Waals surface area contributed by atoms with E-state index in [-0.39, 0.29) is 11.8 Å². The standard InChI is InChI=1S/C17H15NO2S/c1-2-21-13-9-7-12(8-10-13)11-18-16(19)14-5-3-4-6-15(14)17(18)20/h3-10H,2,11H2,1H3. The first-order valence-corrected chi connectivity index (χ1v) is 7.86. The zero-order valence-electron chi connectivity index (χ0n) is 11.7. The van der Waals surface area contributed by atoms with Gasteiger partial charge in [0.15, 0.2) is 0 Å². The van der Waals surface area contributed by atoms with Gasteiger partial charge in [-0.2, -0.15) is 0 Å². The molecule has 0 spiro atoms. The highest BCUT2D eigenvalue weighted by atomic mass is 32.2. The number of carbonyl (C=O) groups excluding carboxylic acids is 2. The monoisotopic (exact) mass is 297 g/mol. The van der Waals surface area contributed by atoms with Crippen LogP contribution in [0.2, 0.25) is 0 Å². The van der Waals surface area contributed by atoms with Crippen molar-refractivity contribution in [2.45, 2.75) is 18.4 Å². The maximum atomic E-state index is 12.3. The Bertz CT molecular complexity index is 659. The average Bonchev–Trinajstić information content (AvgIpc) is 2.75. The summed E-state index contributed by atoms with van der Waals surface area (Å²) >= 11 is 1.77. The van der Waals surface area contributed by atoms with Gasteiger partial charge < -0.3 is 0 Å². The minimum absolute atomic E-state index is 0.206. The summed E-state index contributed by atoms with van der Waals surface area (Å²) in [5.41, 5.74) is 1.96. The quantitative estimate of drug-likeness (QED) is 0.639. The smallest absolute Gasteiger partial charge is 0.261 e. The van der Waals surface area contributed by atoms with Gasteiger partial charge in [0.25, 0.3) is 11.8 Å². The molecule has 1 heterocycles. The van der Waals surface area contributed by atoms with E-state index in [1.165, 1.54) is 9.80 Å². The number of carbonyl (C=O) groups is 2. The van der Waals surface area contributed by atoms with Crippen LogP contribution < -0.4 is 0 Å². The Balaban J connectivity index is 1.80. The Hall–Kier alpha value is -2.07. The number of rotatable bonds is 4. The summed E-state index contributed by atoms with van der Waals surface area (Å²) < 4.78 is 0. The fourth-order valence-electron chi connectivity index (χ4n) is 2.42. The predicted octanol–water partition coefficient (Wildman–Crippen LogP) is 3.59. The third kappa shape index (κ3) is 2.59. The molecule has 0 aliphatic carbocycles. The highest BCUT2D eigenvalue weighted by Gasteiger charge is 2.34. The summed E-state index contributed by atoms with van der Waals surface area (Å²) in [5, 5.41) is 0. The summed E-state index contributed by atoms with van der Waals surface area (Å²) in [6.07, 6.45) is 0. The van der Waals surface area contributed by atoms with Crippen molar-refractivity contribution in [1.29, 1.82) is 0 Å². The van der Waals surface area contributed by atoms with E-state index < -0.39 is 0 Å². The number of benzene rings is 2. The largest absolute Gasteiger partial charge is 0.270 e. The highest BCUT2D eigenvalue weighted by molar-refractivity contribution is 7.99. The van der Waals surface area contributed by atoms with Crippen molar-refractivity contribution in [3.05, 3.63) is 65.2 Å². The molecule has 0 bridgehead atoms. The Kier molecular flexibility index (Phi) is 3.80. The molecule has 2 aromatic carbocycles. The van der Waals surface area contributed by atoms with E-state index in [1.807, 2.05) is 24.3 Å². The molecule has 3 nitrogen and oxygen atoms in total. The van der Waals surface area contributed by atoms with Crippen molar-refractivity contribution in [2.24, 2.45) is 0 Å². The molecule has 2 amide bonds. The minimum atomic E-state index is -0.206. The van der Waals surface area contributed by atoms with Gasteiger partial charge in [-0.25, -0.2) is 0 Å². The molecule has 0 atom stereocenters. The van der Waals surface area contributed by atoms with E-state index in [2.05, 4.69) is 6.92 Å². The molecule has 0 saturated heterocycles.